The van der Waals surface area contributed by atoms with Crippen LogP contribution >= 0.6 is 0 Å². The van der Waals surface area contributed by atoms with Crippen LogP contribution in [0.2, 0.25) is 0 Å². The van der Waals surface area contributed by atoms with Crippen molar-refractivity contribution in [3.8, 4) is 5.75 Å². The first-order chi connectivity index (χ1) is 16.6. The van der Waals surface area contributed by atoms with E-state index < -0.39 is 0 Å². The van der Waals surface area contributed by atoms with Crippen LogP contribution in [-0.4, -0.2) is 35.3 Å². The number of rotatable bonds is 10. The quantitative estimate of drug-likeness (QED) is 0.350. The summed E-state index contributed by atoms with van der Waals surface area (Å²) in [5.41, 5.74) is 6.10. The molecule has 0 spiro atoms. The fourth-order valence-electron chi connectivity index (χ4n) is 4.36. The van der Waals surface area contributed by atoms with E-state index in [-0.39, 0.29) is 24.3 Å². The van der Waals surface area contributed by atoms with Crippen LogP contribution in [-0.2, 0) is 4.79 Å². The highest BCUT2D eigenvalue weighted by Gasteiger charge is 2.22. The van der Waals surface area contributed by atoms with Gasteiger partial charge in [0.15, 0.2) is 0 Å². The fourth-order valence-corrected chi connectivity index (χ4v) is 4.36. The van der Waals surface area contributed by atoms with E-state index in [1.807, 2.05) is 49.4 Å². The summed E-state index contributed by atoms with van der Waals surface area (Å²) >= 11 is 0. The average Bonchev–Trinajstić information content (AvgIpc) is 3.39. The normalized spacial score (nSPS) is 17.1. The second-order valence-electron chi connectivity index (χ2n) is 8.51. The number of carbonyl (C=O) groups excluding carboxylic acids is 1. The van der Waals surface area contributed by atoms with Gasteiger partial charge in [-0.2, -0.15) is 0 Å². The molecule has 2 aromatic rings. The van der Waals surface area contributed by atoms with Gasteiger partial charge in [0.25, 0.3) is 0 Å². The van der Waals surface area contributed by atoms with E-state index in [1.54, 1.807) is 12.1 Å². The number of nitrogens with one attached hydrogen (secondary N) is 2. The maximum Gasteiger partial charge on any atom is 0.241 e. The van der Waals surface area contributed by atoms with E-state index in [4.69, 9.17) is 0 Å². The fraction of sp³-hybridized carbons (Fsp3) is 0.345. The number of anilines is 1. The topological polar surface area (TPSA) is 81.6 Å². The molecular formula is C29H36N2O3. The summed E-state index contributed by atoms with van der Waals surface area (Å²) in [5, 5.41) is 25.7. The molecule has 3 rings (SSSR count). The summed E-state index contributed by atoms with van der Waals surface area (Å²) in [5.74, 6) is 0.223. The van der Waals surface area contributed by atoms with E-state index in [2.05, 4.69) is 29.7 Å². The van der Waals surface area contributed by atoms with Gasteiger partial charge in [-0.3, -0.25) is 4.79 Å². The van der Waals surface area contributed by atoms with Crippen molar-refractivity contribution in [1.82, 2.24) is 5.32 Å². The van der Waals surface area contributed by atoms with Gasteiger partial charge in [0.2, 0.25) is 5.91 Å². The molecule has 2 aromatic carbocycles. The predicted octanol–water partition coefficient (Wildman–Crippen LogP) is 5.57. The molecule has 4 N–H and O–H groups in total. The van der Waals surface area contributed by atoms with Gasteiger partial charge in [-0.25, -0.2) is 0 Å². The number of phenols is 1. The lowest BCUT2D eigenvalue weighted by atomic mass is 9.86. The molecule has 0 bridgehead atoms. The van der Waals surface area contributed by atoms with Gasteiger partial charge in [0.1, 0.15) is 5.75 Å². The first-order valence-electron chi connectivity index (χ1n) is 12.2. The van der Waals surface area contributed by atoms with Crippen LogP contribution in [0.15, 0.2) is 77.9 Å². The number of carbonyl (C=O) groups is 1. The van der Waals surface area contributed by atoms with E-state index in [9.17, 15) is 15.0 Å². The maximum atomic E-state index is 12.5. The Kier molecular flexibility index (Phi) is 9.68. The minimum Gasteiger partial charge on any atom is -0.508 e. The molecule has 1 fully saturated rings. The van der Waals surface area contributed by atoms with Crippen LogP contribution in [0.3, 0.4) is 0 Å². The Morgan fingerprint density at radius 1 is 1.12 bits per heavy atom. The van der Waals surface area contributed by atoms with E-state index in [0.29, 0.717) is 12.8 Å². The Bertz CT molecular complexity index is 1030. The molecule has 0 saturated carbocycles. The standard InChI is InChI=1S/C29H36N2O3/c1-3-7-21(8-4-2)26(9-6-20-32)28(23-13-17-25(33)18-14-23)22-11-15-24(16-12-22)31-29(34)27-10-5-19-30-27/h3,7-8,11-18,27,30,32-33H,4-6,9-10,19-20H2,1-2H3,(H,31,34)/b7-3-,21-8+,28-26+. The Labute approximate surface area is 202 Å². The molecular weight excluding hydrogens is 424 g/mol. The van der Waals surface area contributed by atoms with Crippen LogP contribution in [0.25, 0.3) is 5.57 Å². The Hall–Kier alpha value is -3.15. The number of aliphatic hydroxyl groups excluding tert-OH is 1. The Balaban J connectivity index is 2.06. The van der Waals surface area contributed by atoms with Gasteiger partial charge in [-0.1, -0.05) is 49.4 Å². The summed E-state index contributed by atoms with van der Waals surface area (Å²) in [6.45, 7) is 5.12. The molecule has 1 aliphatic rings. The zero-order chi connectivity index (χ0) is 24.3. The Morgan fingerprint density at radius 2 is 1.79 bits per heavy atom. The molecule has 0 aliphatic carbocycles. The van der Waals surface area contributed by atoms with Gasteiger partial charge >= 0.3 is 0 Å². The minimum atomic E-state index is -0.125. The van der Waals surface area contributed by atoms with Crippen LogP contribution in [0.5, 0.6) is 5.75 Å². The third-order valence-corrected chi connectivity index (χ3v) is 5.98. The van der Waals surface area contributed by atoms with E-state index in [1.165, 1.54) is 0 Å². The molecule has 1 saturated heterocycles. The third kappa shape index (κ3) is 6.69. The summed E-state index contributed by atoms with van der Waals surface area (Å²) in [4.78, 5) is 12.5. The lowest BCUT2D eigenvalue weighted by Crippen LogP contribution is -2.35. The first kappa shape index (κ1) is 25.5. The van der Waals surface area contributed by atoms with Gasteiger partial charge in [-0.15, -0.1) is 0 Å². The van der Waals surface area contributed by atoms with Crippen molar-refractivity contribution in [2.45, 2.75) is 52.0 Å². The highest BCUT2D eigenvalue weighted by atomic mass is 16.3. The SMILES string of the molecule is C\C=C/C(=C\CC)C(/CCCO)=C(/c1ccc(O)cc1)c1ccc(NC(=O)C2CCCN2)cc1. The zero-order valence-corrected chi connectivity index (χ0v) is 20.2. The number of allylic oxidation sites excluding steroid dienone is 5. The van der Waals surface area contributed by atoms with Crippen molar-refractivity contribution >= 4 is 17.2 Å². The van der Waals surface area contributed by atoms with Gasteiger partial charge in [-0.05, 0) is 97.7 Å². The van der Waals surface area contributed by atoms with E-state index >= 15 is 0 Å². The zero-order valence-electron chi connectivity index (χ0n) is 20.2. The predicted molar refractivity (Wildman–Crippen MR) is 140 cm³/mol. The molecule has 1 atom stereocenters. The number of hydrogen-bond acceptors (Lipinski definition) is 4. The van der Waals surface area contributed by atoms with Crippen molar-refractivity contribution in [3.63, 3.8) is 0 Å². The average molecular weight is 461 g/mol. The van der Waals surface area contributed by atoms with Gasteiger partial charge in [0.05, 0.1) is 6.04 Å². The molecule has 1 aliphatic heterocycles. The number of aromatic hydroxyl groups is 1. The smallest absolute Gasteiger partial charge is 0.241 e. The van der Waals surface area contributed by atoms with Crippen molar-refractivity contribution < 1.29 is 15.0 Å². The van der Waals surface area contributed by atoms with Crippen LogP contribution in [0, 0.1) is 0 Å². The monoisotopic (exact) mass is 460 g/mol. The summed E-state index contributed by atoms with van der Waals surface area (Å²) in [7, 11) is 0. The number of amides is 1. The summed E-state index contributed by atoms with van der Waals surface area (Å²) in [6.07, 6.45) is 10.5. The largest absolute Gasteiger partial charge is 0.508 e. The summed E-state index contributed by atoms with van der Waals surface area (Å²) < 4.78 is 0. The second kappa shape index (κ2) is 12.9. The van der Waals surface area contributed by atoms with Gasteiger partial charge in [0, 0.05) is 12.3 Å². The first-order valence-corrected chi connectivity index (χ1v) is 12.2. The number of aliphatic hydroxyl groups is 1. The molecule has 1 heterocycles. The molecule has 34 heavy (non-hydrogen) atoms. The number of benzene rings is 2. The highest BCUT2D eigenvalue weighted by molar-refractivity contribution is 5.95. The molecule has 5 nitrogen and oxygen atoms in total. The molecule has 0 radical (unpaired) electrons. The number of phenolic OH excluding ortho intramolecular Hbond substituents is 1. The second-order valence-corrected chi connectivity index (χ2v) is 8.51. The molecule has 0 aromatic heterocycles. The lowest BCUT2D eigenvalue weighted by molar-refractivity contribution is -0.117. The molecule has 5 heteroatoms. The van der Waals surface area contributed by atoms with E-state index in [0.717, 1.165) is 59.3 Å². The summed E-state index contributed by atoms with van der Waals surface area (Å²) in [6, 6.07) is 15.0. The highest BCUT2D eigenvalue weighted by Crippen LogP contribution is 2.35. The lowest BCUT2D eigenvalue weighted by Gasteiger charge is -2.19. The van der Waals surface area contributed by atoms with Gasteiger partial charge < -0.3 is 20.8 Å². The van der Waals surface area contributed by atoms with Crippen molar-refractivity contribution in [2.75, 3.05) is 18.5 Å². The maximum absolute atomic E-state index is 12.5. The van der Waals surface area contributed by atoms with Crippen LogP contribution < -0.4 is 10.6 Å². The molecule has 1 unspecified atom stereocenters. The molecule has 1 amide bonds. The number of hydrogen-bond donors (Lipinski definition) is 4. The van der Waals surface area contributed by atoms with Crippen LogP contribution in [0.4, 0.5) is 5.69 Å². The minimum absolute atomic E-state index is 0.00410. The third-order valence-electron chi connectivity index (χ3n) is 5.98. The van der Waals surface area contributed by atoms with Crippen molar-refractivity contribution in [2.24, 2.45) is 0 Å². The van der Waals surface area contributed by atoms with Crippen molar-refractivity contribution in [3.05, 3.63) is 89.0 Å². The molecule has 180 valence electrons. The van der Waals surface area contributed by atoms with Crippen molar-refractivity contribution in [1.29, 1.82) is 0 Å². The Morgan fingerprint density at radius 3 is 2.35 bits per heavy atom. The van der Waals surface area contributed by atoms with Crippen LogP contribution in [0.1, 0.15) is 57.1 Å².